The lowest BCUT2D eigenvalue weighted by atomic mass is 9.85. The summed E-state index contributed by atoms with van der Waals surface area (Å²) in [5.74, 6) is 0.195. The molecule has 4 aromatic rings. The predicted octanol–water partition coefficient (Wildman–Crippen LogP) is 6.58. The van der Waals surface area contributed by atoms with Crippen molar-refractivity contribution < 1.29 is 9.59 Å². The molecule has 2 fully saturated rings. The van der Waals surface area contributed by atoms with Gasteiger partial charge < -0.3 is 16.0 Å². The number of rotatable bonds is 6. The maximum atomic E-state index is 13.2. The second kappa shape index (κ2) is 10.5. The third-order valence-corrected chi connectivity index (χ3v) is 8.60. The highest BCUT2D eigenvalue weighted by Crippen LogP contribution is 2.33. The quantitative estimate of drug-likeness (QED) is 0.271. The summed E-state index contributed by atoms with van der Waals surface area (Å²) in [5.41, 5.74) is 3.64. The molecule has 2 aliphatic carbocycles. The molecule has 2 aromatic heterocycles. The van der Waals surface area contributed by atoms with Gasteiger partial charge in [0.1, 0.15) is 0 Å². The van der Waals surface area contributed by atoms with Gasteiger partial charge in [-0.25, -0.2) is 4.98 Å². The molecule has 0 aliphatic heterocycles. The fourth-order valence-electron chi connectivity index (χ4n) is 5.70. The Hall–Kier alpha value is -3.52. The van der Waals surface area contributed by atoms with Crippen LogP contribution in [0.15, 0.2) is 54.7 Å². The topological polar surface area (TPSA) is 96.0 Å². The number of amides is 2. The molecule has 2 saturated carbocycles. The molecule has 0 bridgehead atoms. The Bertz CT molecular complexity index is 1440. The molecule has 2 amide bonds. The van der Waals surface area contributed by atoms with Gasteiger partial charge in [0, 0.05) is 40.8 Å². The van der Waals surface area contributed by atoms with E-state index in [0.717, 1.165) is 83.9 Å². The first-order valence-corrected chi connectivity index (χ1v) is 14.1. The normalized spacial score (nSPS) is 20.2. The van der Waals surface area contributed by atoms with E-state index in [4.69, 9.17) is 0 Å². The predicted molar refractivity (Wildman–Crippen MR) is 150 cm³/mol. The van der Waals surface area contributed by atoms with Gasteiger partial charge in [0.05, 0.1) is 15.7 Å². The second-order valence-electron chi connectivity index (χ2n) is 10.2. The zero-order chi connectivity index (χ0) is 25.2. The summed E-state index contributed by atoms with van der Waals surface area (Å²) in [6.07, 6.45) is 9.74. The molecule has 2 aromatic carbocycles. The van der Waals surface area contributed by atoms with Crippen LogP contribution in [0.25, 0.3) is 21.1 Å². The minimum atomic E-state index is -0.0437. The molecule has 7 nitrogen and oxygen atoms in total. The summed E-state index contributed by atoms with van der Waals surface area (Å²) in [4.78, 5) is 34.7. The van der Waals surface area contributed by atoms with Crippen molar-refractivity contribution in [3.63, 3.8) is 0 Å². The first-order chi connectivity index (χ1) is 18.1. The monoisotopic (exact) mass is 513 g/mol. The molecule has 2 unspecified atom stereocenters. The molecular formula is C29H31N5O2S. The van der Waals surface area contributed by atoms with Crippen molar-refractivity contribution in [2.75, 3.05) is 16.0 Å². The summed E-state index contributed by atoms with van der Waals surface area (Å²) < 4.78 is 0.951. The van der Waals surface area contributed by atoms with E-state index in [1.54, 1.807) is 0 Å². The lowest BCUT2D eigenvalue weighted by Crippen LogP contribution is -2.33. The van der Waals surface area contributed by atoms with Crippen LogP contribution in [0.4, 0.5) is 16.5 Å². The van der Waals surface area contributed by atoms with Gasteiger partial charge >= 0.3 is 0 Å². The Kier molecular flexibility index (Phi) is 6.74. The Morgan fingerprint density at radius 1 is 0.838 bits per heavy atom. The zero-order valence-corrected chi connectivity index (χ0v) is 21.5. The third-order valence-electron chi connectivity index (χ3n) is 7.67. The van der Waals surface area contributed by atoms with E-state index in [-0.39, 0.29) is 29.7 Å². The Balaban J connectivity index is 1.09. The van der Waals surface area contributed by atoms with Crippen LogP contribution in [0.5, 0.6) is 0 Å². The standard InChI is InChI=1S/C29H31N5O2S/c35-27(18-6-1-2-7-18)34-29-33-25-13-12-21(17-26(25)37-29)32-28(36)19-8-5-9-20(16-19)31-24-14-15-30-23-11-4-3-10-22(23)24/h3-4,10-15,17-20H,1-2,5-9,16H2,(H,30,31)(H,32,36)(H,33,34,35). The summed E-state index contributed by atoms with van der Waals surface area (Å²) in [7, 11) is 0. The molecule has 0 saturated heterocycles. The molecular weight excluding hydrogens is 482 g/mol. The number of thiazole rings is 1. The van der Waals surface area contributed by atoms with E-state index in [1.165, 1.54) is 11.3 Å². The van der Waals surface area contributed by atoms with Crippen LogP contribution in [0.1, 0.15) is 51.4 Å². The summed E-state index contributed by atoms with van der Waals surface area (Å²) in [6, 6.07) is 16.1. The van der Waals surface area contributed by atoms with Gasteiger partial charge in [-0.3, -0.25) is 14.6 Å². The number of para-hydroxylation sites is 1. The van der Waals surface area contributed by atoms with Crippen LogP contribution in [-0.2, 0) is 9.59 Å². The van der Waals surface area contributed by atoms with Gasteiger partial charge in [0.15, 0.2) is 5.13 Å². The minimum absolute atomic E-state index is 0.0437. The average Bonchev–Trinajstić information content (AvgIpc) is 3.59. The fraction of sp³-hybridized carbons (Fsp3) is 0.379. The highest BCUT2D eigenvalue weighted by molar-refractivity contribution is 7.22. The van der Waals surface area contributed by atoms with Gasteiger partial charge in [-0.15, -0.1) is 0 Å². The number of aromatic nitrogens is 2. The van der Waals surface area contributed by atoms with Crippen LogP contribution < -0.4 is 16.0 Å². The van der Waals surface area contributed by atoms with Crippen LogP contribution in [-0.4, -0.2) is 27.8 Å². The molecule has 2 aliphatic rings. The van der Waals surface area contributed by atoms with E-state index >= 15 is 0 Å². The lowest BCUT2D eigenvalue weighted by Gasteiger charge is -2.30. The highest BCUT2D eigenvalue weighted by atomic mass is 32.1. The Morgan fingerprint density at radius 2 is 1.65 bits per heavy atom. The molecule has 2 heterocycles. The maximum absolute atomic E-state index is 13.2. The lowest BCUT2D eigenvalue weighted by molar-refractivity contribution is -0.121. The Morgan fingerprint density at radius 3 is 2.54 bits per heavy atom. The van der Waals surface area contributed by atoms with Gasteiger partial charge in [-0.2, -0.15) is 0 Å². The van der Waals surface area contributed by atoms with Crippen LogP contribution >= 0.6 is 11.3 Å². The molecule has 2 atom stereocenters. The Labute approximate surface area is 220 Å². The minimum Gasteiger partial charge on any atom is -0.382 e. The number of pyridine rings is 1. The number of benzene rings is 2. The number of hydrogen-bond donors (Lipinski definition) is 3. The van der Waals surface area contributed by atoms with Gasteiger partial charge in [0.2, 0.25) is 11.8 Å². The molecule has 6 rings (SSSR count). The molecule has 190 valence electrons. The first-order valence-electron chi connectivity index (χ1n) is 13.2. The van der Waals surface area contributed by atoms with Crippen LogP contribution in [0.2, 0.25) is 0 Å². The van der Waals surface area contributed by atoms with Crippen molar-refractivity contribution in [2.45, 2.75) is 57.4 Å². The van der Waals surface area contributed by atoms with Gasteiger partial charge in [-0.1, -0.05) is 48.8 Å². The van der Waals surface area contributed by atoms with Crippen molar-refractivity contribution in [3.05, 3.63) is 54.7 Å². The molecule has 0 radical (unpaired) electrons. The second-order valence-corrected chi connectivity index (χ2v) is 11.3. The summed E-state index contributed by atoms with van der Waals surface area (Å²) in [6.45, 7) is 0. The van der Waals surface area contributed by atoms with Crippen LogP contribution in [0, 0.1) is 11.8 Å². The van der Waals surface area contributed by atoms with E-state index in [2.05, 4.69) is 32.0 Å². The number of nitrogens with one attached hydrogen (secondary N) is 3. The highest BCUT2D eigenvalue weighted by Gasteiger charge is 2.28. The molecule has 37 heavy (non-hydrogen) atoms. The number of fused-ring (bicyclic) bond motifs is 2. The molecule has 0 spiro atoms. The summed E-state index contributed by atoms with van der Waals surface area (Å²) in [5, 5.41) is 11.5. The van der Waals surface area contributed by atoms with Crippen molar-refractivity contribution in [1.29, 1.82) is 0 Å². The van der Waals surface area contributed by atoms with E-state index < -0.39 is 0 Å². The number of carbonyl (C=O) groups is 2. The smallest absolute Gasteiger partial charge is 0.229 e. The summed E-state index contributed by atoms with van der Waals surface area (Å²) >= 11 is 1.45. The van der Waals surface area contributed by atoms with Crippen molar-refractivity contribution in [1.82, 2.24) is 9.97 Å². The average molecular weight is 514 g/mol. The maximum Gasteiger partial charge on any atom is 0.229 e. The molecule has 3 N–H and O–H groups in total. The third kappa shape index (κ3) is 5.30. The van der Waals surface area contributed by atoms with Gasteiger partial charge in [-0.05, 0) is 62.4 Å². The number of hydrogen-bond acceptors (Lipinski definition) is 6. The van der Waals surface area contributed by atoms with Crippen LogP contribution in [0.3, 0.4) is 0 Å². The van der Waals surface area contributed by atoms with E-state index in [1.807, 2.05) is 48.7 Å². The zero-order valence-electron chi connectivity index (χ0n) is 20.7. The van der Waals surface area contributed by atoms with Crippen molar-refractivity contribution in [3.8, 4) is 0 Å². The van der Waals surface area contributed by atoms with Crippen molar-refractivity contribution >= 4 is 60.8 Å². The van der Waals surface area contributed by atoms with Gasteiger partial charge in [0.25, 0.3) is 0 Å². The van der Waals surface area contributed by atoms with E-state index in [0.29, 0.717) is 5.13 Å². The largest absolute Gasteiger partial charge is 0.382 e. The number of anilines is 3. The molecule has 8 heteroatoms. The van der Waals surface area contributed by atoms with E-state index in [9.17, 15) is 9.59 Å². The number of carbonyl (C=O) groups excluding carboxylic acids is 2. The first kappa shape index (κ1) is 23.9. The van der Waals surface area contributed by atoms with Crippen molar-refractivity contribution in [2.24, 2.45) is 11.8 Å². The SMILES string of the molecule is O=C(Nc1ccc2nc(NC(=O)C3CCCC3)sc2c1)C1CCCC(Nc2ccnc3ccccc23)C1. The fourth-order valence-corrected chi connectivity index (χ4v) is 6.60. The number of nitrogens with zero attached hydrogens (tertiary/aromatic N) is 2.